The molecule has 4 rings (SSSR count). The van der Waals surface area contributed by atoms with Crippen LogP contribution in [-0.4, -0.2) is 37.7 Å². The molecule has 9 nitrogen and oxygen atoms in total. The average Bonchev–Trinajstić information content (AvgIpc) is 3.22. The number of ether oxygens (including phenoxy) is 1. The van der Waals surface area contributed by atoms with Crippen molar-refractivity contribution >= 4 is 11.6 Å². The van der Waals surface area contributed by atoms with Gasteiger partial charge in [-0.3, -0.25) is 4.79 Å². The van der Waals surface area contributed by atoms with Crippen LogP contribution in [0.25, 0.3) is 11.5 Å². The summed E-state index contributed by atoms with van der Waals surface area (Å²) in [5, 5.41) is 14.7. The number of benzene rings is 2. The maximum atomic E-state index is 12.6. The predicted octanol–water partition coefficient (Wildman–Crippen LogP) is 2.82. The molecule has 0 unspecified atom stereocenters. The minimum Gasteiger partial charge on any atom is -0.497 e. The Bertz CT molecular complexity index is 1210. The molecule has 4 aromatic rings. The van der Waals surface area contributed by atoms with Crippen LogP contribution in [0, 0.1) is 0 Å². The fourth-order valence-electron chi connectivity index (χ4n) is 3.18. The smallest absolute Gasteiger partial charge is 0.251 e. The fourth-order valence-corrected chi connectivity index (χ4v) is 3.18. The van der Waals surface area contributed by atoms with Crippen LogP contribution < -0.4 is 15.4 Å². The molecule has 2 aromatic heterocycles. The second kappa shape index (κ2) is 9.69. The van der Waals surface area contributed by atoms with Crippen LogP contribution in [0.3, 0.4) is 0 Å². The van der Waals surface area contributed by atoms with Gasteiger partial charge in [-0.2, -0.15) is 0 Å². The quantitative estimate of drug-likeness (QED) is 0.443. The number of carbonyl (C=O) groups excluding carboxylic acids is 1. The molecular formula is C23H23N7O2. The lowest BCUT2D eigenvalue weighted by atomic mass is 10.1. The molecule has 2 aromatic carbocycles. The van der Waals surface area contributed by atoms with Gasteiger partial charge in [-0.1, -0.05) is 18.2 Å². The number of hydrogen-bond donors (Lipinski definition) is 2. The minimum absolute atomic E-state index is 0.152. The van der Waals surface area contributed by atoms with Gasteiger partial charge in [0.15, 0.2) is 11.6 Å². The first kappa shape index (κ1) is 21.0. The van der Waals surface area contributed by atoms with Gasteiger partial charge in [-0.05, 0) is 42.0 Å². The number of hydrogen-bond acceptors (Lipinski definition) is 7. The van der Waals surface area contributed by atoms with Crippen LogP contribution in [0.4, 0.5) is 5.69 Å². The number of nitrogens with one attached hydrogen (secondary N) is 2. The summed E-state index contributed by atoms with van der Waals surface area (Å²) in [5.41, 5.74) is 3.05. The van der Waals surface area contributed by atoms with Gasteiger partial charge in [-0.15, -0.1) is 10.2 Å². The van der Waals surface area contributed by atoms with Crippen LogP contribution in [-0.2, 0) is 20.1 Å². The van der Waals surface area contributed by atoms with Gasteiger partial charge < -0.3 is 19.9 Å². The first-order chi connectivity index (χ1) is 15.6. The number of anilines is 1. The van der Waals surface area contributed by atoms with E-state index in [4.69, 9.17) is 4.74 Å². The summed E-state index contributed by atoms with van der Waals surface area (Å²) in [7, 11) is 3.50. The number of rotatable bonds is 8. The lowest BCUT2D eigenvalue weighted by Crippen LogP contribution is -2.22. The Morgan fingerprint density at radius 2 is 1.94 bits per heavy atom. The van der Waals surface area contributed by atoms with Crippen molar-refractivity contribution in [3.05, 3.63) is 84.1 Å². The van der Waals surface area contributed by atoms with E-state index in [0.717, 1.165) is 22.8 Å². The number of aromatic nitrogens is 5. The molecule has 0 aliphatic heterocycles. The van der Waals surface area contributed by atoms with Gasteiger partial charge in [0.1, 0.15) is 17.8 Å². The monoisotopic (exact) mass is 429 g/mol. The summed E-state index contributed by atoms with van der Waals surface area (Å²) in [6, 6.07) is 16.7. The summed E-state index contributed by atoms with van der Waals surface area (Å²) < 4.78 is 7.10. The second-order valence-corrected chi connectivity index (χ2v) is 7.06. The molecule has 2 heterocycles. The maximum Gasteiger partial charge on any atom is 0.251 e. The Hall–Kier alpha value is -4.27. The van der Waals surface area contributed by atoms with Gasteiger partial charge >= 0.3 is 0 Å². The number of nitrogens with zero attached hydrogens (tertiary/aromatic N) is 5. The van der Waals surface area contributed by atoms with Crippen molar-refractivity contribution < 1.29 is 9.53 Å². The van der Waals surface area contributed by atoms with Crippen molar-refractivity contribution in [3.8, 4) is 17.3 Å². The average molecular weight is 429 g/mol. The van der Waals surface area contributed by atoms with Crippen molar-refractivity contribution in [2.45, 2.75) is 13.1 Å². The third-order valence-corrected chi connectivity index (χ3v) is 4.94. The molecule has 1 amide bonds. The Kier molecular flexibility index (Phi) is 6.35. The largest absolute Gasteiger partial charge is 0.497 e. The third kappa shape index (κ3) is 4.89. The summed E-state index contributed by atoms with van der Waals surface area (Å²) in [6.45, 7) is 0.863. The SMILES string of the molecule is COc1cccc(CNC(=O)c2cccc(NCc3nnc(-c4ccncn4)n3C)c2)c1. The topological polar surface area (TPSA) is 107 Å². The number of methoxy groups -OCH3 is 1. The Morgan fingerprint density at radius 3 is 2.75 bits per heavy atom. The van der Waals surface area contributed by atoms with Crippen molar-refractivity contribution in [3.63, 3.8) is 0 Å². The van der Waals surface area contributed by atoms with Gasteiger partial charge in [0.2, 0.25) is 0 Å². The molecule has 0 spiro atoms. The molecule has 162 valence electrons. The van der Waals surface area contributed by atoms with E-state index in [1.54, 1.807) is 25.4 Å². The fraction of sp³-hybridized carbons (Fsp3) is 0.174. The summed E-state index contributed by atoms with van der Waals surface area (Å²) >= 11 is 0. The van der Waals surface area contributed by atoms with E-state index in [2.05, 4.69) is 30.8 Å². The molecule has 0 aliphatic rings. The standard InChI is InChI=1S/C23H23N7O2/c1-30-21(28-29-22(30)20-9-10-24-15-27-20)14-25-18-7-4-6-17(12-18)23(31)26-13-16-5-3-8-19(11-16)32-2/h3-12,15,25H,13-14H2,1-2H3,(H,26,31). The van der Waals surface area contributed by atoms with Gasteiger partial charge in [0, 0.05) is 31.0 Å². The number of carbonyl (C=O) groups is 1. The lowest BCUT2D eigenvalue weighted by molar-refractivity contribution is 0.0951. The summed E-state index contributed by atoms with van der Waals surface area (Å²) in [6.07, 6.45) is 3.15. The Balaban J connectivity index is 1.38. The molecule has 0 bridgehead atoms. The molecule has 0 saturated heterocycles. The van der Waals surface area contributed by atoms with Gasteiger partial charge in [-0.25, -0.2) is 9.97 Å². The summed E-state index contributed by atoms with van der Waals surface area (Å²) in [4.78, 5) is 20.7. The van der Waals surface area contributed by atoms with Crippen molar-refractivity contribution in [2.24, 2.45) is 7.05 Å². The first-order valence-corrected chi connectivity index (χ1v) is 10.0. The van der Waals surface area contributed by atoms with Crippen molar-refractivity contribution in [2.75, 3.05) is 12.4 Å². The zero-order chi connectivity index (χ0) is 22.3. The molecule has 0 fully saturated rings. The van der Waals surface area contributed by atoms with Crippen LogP contribution >= 0.6 is 0 Å². The molecule has 0 aliphatic carbocycles. The zero-order valence-corrected chi connectivity index (χ0v) is 17.8. The van der Waals surface area contributed by atoms with Crippen LogP contribution in [0.1, 0.15) is 21.7 Å². The van der Waals surface area contributed by atoms with Gasteiger partial charge in [0.25, 0.3) is 5.91 Å². The molecular weight excluding hydrogens is 406 g/mol. The second-order valence-electron chi connectivity index (χ2n) is 7.06. The first-order valence-electron chi connectivity index (χ1n) is 10.0. The van der Waals surface area contributed by atoms with E-state index in [0.29, 0.717) is 30.2 Å². The molecule has 2 N–H and O–H groups in total. The van der Waals surface area contributed by atoms with Crippen LogP contribution in [0.2, 0.25) is 0 Å². The molecule has 0 radical (unpaired) electrons. The molecule has 32 heavy (non-hydrogen) atoms. The Labute approximate surface area is 185 Å². The van der Waals surface area contributed by atoms with E-state index in [1.807, 2.05) is 54.1 Å². The van der Waals surface area contributed by atoms with E-state index in [-0.39, 0.29) is 5.91 Å². The van der Waals surface area contributed by atoms with Crippen LogP contribution in [0.5, 0.6) is 5.75 Å². The van der Waals surface area contributed by atoms with Crippen LogP contribution in [0.15, 0.2) is 67.1 Å². The van der Waals surface area contributed by atoms with Gasteiger partial charge in [0.05, 0.1) is 13.7 Å². The minimum atomic E-state index is -0.152. The highest BCUT2D eigenvalue weighted by molar-refractivity contribution is 5.95. The lowest BCUT2D eigenvalue weighted by Gasteiger charge is -2.10. The van der Waals surface area contributed by atoms with Crippen molar-refractivity contribution in [1.82, 2.24) is 30.0 Å². The highest BCUT2D eigenvalue weighted by Crippen LogP contribution is 2.16. The van der Waals surface area contributed by atoms with E-state index in [1.165, 1.54) is 6.33 Å². The highest BCUT2D eigenvalue weighted by Gasteiger charge is 2.12. The Morgan fingerprint density at radius 1 is 1.06 bits per heavy atom. The predicted molar refractivity (Wildman–Crippen MR) is 120 cm³/mol. The maximum absolute atomic E-state index is 12.6. The van der Waals surface area contributed by atoms with Crippen molar-refractivity contribution in [1.29, 1.82) is 0 Å². The third-order valence-electron chi connectivity index (χ3n) is 4.94. The number of amides is 1. The molecule has 0 atom stereocenters. The van der Waals surface area contributed by atoms with E-state index < -0.39 is 0 Å². The van der Waals surface area contributed by atoms with E-state index >= 15 is 0 Å². The molecule has 0 saturated carbocycles. The zero-order valence-electron chi connectivity index (χ0n) is 17.8. The molecule has 9 heteroatoms. The summed E-state index contributed by atoms with van der Waals surface area (Å²) in [5.74, 6) is 2.01. The normalized spacial score (nSPS) is 10.6. The highest BCUT2D eigenvalue weighted by atomic mass is 16.5. The van der Waals surface area contributed by atoms with E-state index in [9.17, 15) is 4.79 Å².